The molecule has 0 aliphatic carbocycles. The molecule has 4 nitrogen and oxygen atoms in total. The van der Waals surface area contributed by atoms with Gasteiger partial charge in [0, 0.05) is 22.3 Å². The summed E-state index contributed by atoms with van der Waals surface area (Å²) in [6, 6.07) is 19.0. The molecular weight excluding hydrogens is 394 g/mol. The molecule has 3 aromatic rings. The van der Waals surface area contributed by atoms with E-state index in [1.54, 1.807) is 12.1 Å². The highest BCUT2D eigenvalue weighted by molar-refractivity contribution is 9.10. The van der Waals surface area contributed by atoms with Crippen LogP contribution in [0.4, 0.5) is 0 Å². The van der Waals surface area contributed by atoms with Gasteiger partial charge in [0.1, 0.15) is 0 Å². The van der Waals surface area contributed by atoms with Crippen molar-refractivity contribution in [1.82, 2.24) is 4.57 Å². The molecule has 1 unspecified atom stereocenters. The van der Waals surface area contributed by atoms with Gasteiger partial charge in [0.15, 0.2) is 0 Å². The molecule has 0 amide bonds. The number of fused-ring (bicyclic) bond motifs is 1. The highest BCUT2D eigenvalue weighted by Gasteiger charge is 2.31. The van der Waals surface area contributed by atoms with Gasteiger partial charge in [-0.05, 0) is 41.8 Å². The zero-order valence-electron chi connectivity index (χ0n) is 13.9. The van der Waals surface area contributed by atoms with Crippen molar-refractivity contribution < 1.29 is 14.7 Å². The first-order chi connectivity index (χ1) is 12.5. The second kappa shape index (κ2) is 6.57. The summed E-state index contributed by atoms with van der Waals surface area (Å²) in [6.45, 7) is 0.567. The average molecular weight is 410 g/mol. The summed E-state index contributed by atoms with van der Waals surface area (Å²) in [4.78, 5) is 24.2. The number of rotatable bonds is 4. The number of aromatic nitrogens is 1. The van der Waals surface area contributed by atoms with Crippen LogP contribution in [0.15, 0.2) is 65.1 Å². The smallest absolute Gasteiger partial charge is 0.312 e. The molecule has 2 heterocycles. The van der Waals surface area contributed by atoms with Crippen LogP contribution in [0.1, 0.15) is 34.1 Å². The standard InChI is InChI=1S/C21H16BrNO3/c22-16-7-5-14(6-8-16)13-1-3-15(4-2-13)20(24)19-10-9-18-17(21(25)26)11-12-23(18)19/h1-10,17H,11-12H2,(H,25,26). The van der Waals surface area contributed by atoms with Crippen molar-refractivity contribution in [2.75, 3.05) is 0 Å². The SMILES string of the molecule is O=C(c1ccc(-c2ccc(Br)cc2)cc1)c1ccc2n1CCC2C(=O)O. The van der Waals surface area contributed by atoms with Crippen LogP contribution >= 0.6 is 15.9 Å². The summed E-state index contributed by atoms with van der Waals surface area (Å²) in [5, 5.41) is 9.28. The molecule has 0 saturated carbocycles. The van der Waals surface area contributed by atoms with E-state index in [0.29, 0.717) is 29.9 Å². The van der Waals surface area contributed by atoms with Crippen molar-refractivity contribution in [3.63, 3.8) is 0 Å². The van der Waals surface area contributed by atoms with Gasteiger partial charge in [-0.3, -0.25) is 9.59 Å². The van der Waals surface area contributed by atoms with Gasteiger partial charge < -0.3 is 9.67 Å². The molecule has 1 aliphatic heterocycles. The van der Waals surface area contributed by atoms with Crippen LogP contribution in [0.3, 0.4) is 0 Å². The zero-order chi connectivity index (χ0) is 18.3. The quantitative estimate of drug-likeness (QED) is 0.634. The number of carboxylic acid groups (broad SMARTS) is 1. The molecular formula is C21H16BrNO3. The van der Waals surface area contributed by atoms with Gasteiger partial charge >= 0.3 is 5.97 Å². The number of carbonyl (C=O) groups is 2. The van der Waals surface area contributed by atoms with E-state index >= 15 is 0 Å². The van der Waals surface area contributed by atoms with Crippen LogP contribution in [0, 0.1) is 0 Å². The molecule has 2 aromatic carbocycles. The minimum atomic E-state index is -0.834. The maximum absolute atomic E-state index is 12.9. The highest BCUT2D eigenvalue weighted by Crippen LogP contribution is 2.31. The molecule has 0 bridgehead atoms. The first kappa shape index (κ1) is 16.8. The Morgan fingerprint density at radius 1 is 0.923 bits per heavy atom. The van der Waals surface area contributed by atoms with E-state index in [-0.39, 0.29) is 5.78 Å². The Kier molecular flexibility index (Phi) is 4.24. The summed E-state index contributed by atoms with van der Waals surface area (Å²) in [5.74, 6) is -1.43. The number of carbonyl (C=O) groups excluding carboxylic acids is 1. The largest absolute Gasteiger partial charge is 0.481 e. The molecule has 0 radical (unpaired) electrons. The topological polar surface area (TPSA) is 59.3 Å². The number of nitrogens with zero attached hydrogens (tertiary/aromatic N) is 1. The molecule has 4 rings (SSSR count). The zero-order valence-corrected chi connectivity index (χ0v) is 15.4. The third-order valence-electron chi connectivity index (χ3n) is 4.87. The second-order valence-corrected chi connectivity index (χ2v) is 7.30. The monoisotopic (exact) mass is 409 g/mol. The number of aliphatic carboxylic acids is 1. The lowest BCUT2D eigenvalue weighted by Gasteiger charge is -2.07. The van der Waals surface area contributed by atoms with E-state index in [1.807, 2.05) is 53.1 Å². The van der Waals surface area contributed by atoms with Gasteiger partial charge in [-0.15, -0.1) is 0 Å². The van der Waals surface area contributed by atoms with Crippen molar-refractivity contribution in [1.29, 1.82) is 0 Å². The van der Waals surface area contributed by atoms with E-state index in [9.17, 15) is 14.7 Å². The fourth-order valence-corrected chi connectivity index (χ4v) is 3.76. The van der Waals surface area contributed by atoms with Gasteiger partial charge in [-0.1, -0.05) is 52.3 Å². The Balaban J connectivity index is 1.61. The summed E-state index contributed by atoms with van der Waals surface area (Å²) in [5.41, 5.74) is 4.00. The molecule has 130 valence electrons. The van der Waals surface area contributed by atoms with E-state index < -0.39 is 11.9 Å². The first-order valence-corrected chi connectivity index (χ1v) is 9.17. The van der Waals surface area contributed by atoms with E-state index in [2.05, 4.69) is 15.9 Å². The van der Waals surface area contributed by atoms with Gasteiger partial charge in [0.2, 0.25) is 5.78 Å². The van der Waals surface area contributed by atoms with E-state index in [1.165, 1.54) is 0 Å². The summed E-state index contributed by atoms with van der Waals surface area (Å²) in [6.07, 6.45) is 0.536. The predicted molar refractivity (Wildman–Crippen MR) is 102 cm³/mol. The lowest BCUT2D eigenvalue weighted by atomic mass is 10.0. The highest BCUT2D eigenvalue weighted by atomic mass is 79.9. The summed E-state index contributed by atoms with van der Waals surface area (Å²) < 4.78 is 2.86. The first-order valence-electron chi connectivity index (χ1n) is 8.37. The third kappa shape index (κ3) is 2.88. The number of hydrogen-bond acceptors (Lipinski definition) is 2. The van der Waals surface area contributed by atoms with Crippen molar-refractivity contribution in [3.05, 3.63) is 82.1 Å². The molecule has 5 heteroatoms. The van der Waals surface area contributed by atoms with Crippen LogP contribution in [0.25, 0.3) is 11.1 Å². The molecule has 0 saturated heterocycles. The molecule has 0 spiro atoms. The fraction of sp³-hybridized carbons (Fsp3) is 0.143. The normalized spacial score (nSPS) is 15.7. The Bertz CT molecular complexity index is 987. The minimum absolute atomic E-state index is 0.0790. The second-order valence-electron chi connectivity index (χ2n) is 6.39. The summed E-state index contributed by atoms with van der Waals surface area (Å²) >= 11 is 3.42. The van der Waals surface area contributed by atoms with Crippen molar-refractivity contribution >= 4 is 27.7 Å². The number of ketones is 1. The van der Waals surface area contributed by atoms with Crippen LogP contribution in [-0.4, -0.2) is 21.4 Å². The van der Waals surface area contributed by atoms with Crippen LogP contribution in [-0.2, 0) is 11.3 Å². The molecule has 1 aromatic heterocycles. The average Bonchev–Trinajstić information content (AvgIpc) is 3.24. The molecule has 1 N–H and O–H groups in total. The Morgan fingerprint density at radius 3 is 2.15 bits per heavy atom. The van der Waals surface area contributed by atoms with Gasteiger partial charge in [-0.25, -0.2) is 0 Å². The number of hydrogen-bond donors (Lipinski definition) is 1. The van der Waals surface area contributed by atoms with Gasteiger partial charge in [0.05, 0.1) is 11.6 Å². The molecule has 0 fully saturated rings. The molecule has 26 heavy (non-hydrogen) atoms. The van der Waals surface area contributed by atoms with Crippen molar-refractivity contribution in [3.8, 4) is 11.1 Å². The minimum Gasteiger partial charge on any atom is -0.481 e. The maximum Gasteiger partial charge on any atom is 0.312 e. The molecule has 1 atom stereocenters. The number of halogens is 1. The Morgan fingerprint density at radius 2 is 1.54 bits per heavy atom. The Labute approximate surface area is 159 Å². The van der Waals surface area contributed by atoms with Crippen LogP contribution < -0.4 is 0 Å². The van der Waals surface area contributed by atoms with Crippen molar-refractivity contribution in [2.45, 2.75) is 18.9 Å². The lowest BCUT2D eigenvalue weighted by molar-refractivity contribution is -0.138. The van der Waals surface area contributed by atoms with Crippen molar-refractivity contribution in [2.24, 2.45) is 0 Å². The van der Waals surface area contributed by atoms with Gasteiger partial charge in [0.25, 0.3) is 0 Å². The van der Waals surface area contributed by atoms with Gasteiger partial charge in [-0.2, -0.15) is 0 Å². The van der Waals surface area contributed by atoms with E-state index in [0.717, 1.165) is 15.6 Å². The van der Waals surface area contributed by atoms with Crippen LogP contribution in [0.5, 0.6) is 0 Å². The third-order valence-corrected chi connectivity index (χ3v) is 5.40. The lowest BCUT2D eigenvalue weighted by Crippen LogP contribution is -2.10. The molecule has 1 aliphatic rings. The van der Waals surface area contributed by atoms with Crippen LogP contribution in [0.2, 0.25) is 0 Å². The number of benzene rings is 2. The predicted octanol–water partition coefficient (Wildman–Crippen LogP) is 4.72. The number of carboxylic acids is 1. The van der Waals surface area contributed by atoms with E-state index in [4.69, 9.17) is 0 Å². The fourth-order valence-electron chi connectivity index (χ4n) is 3.50. The summed E-state index contributed by atoms with van der Waals surface area (Å²) in [7, 11) is 0. The maximum atomic E-state index is 12.9. The Hall–Kier alpha value is -2.66.